The van der Waals surface area contributed by atoms with E-state index in [0.717, 1.165) is 32.4 Å². The lowest BCUT2D eigenvalue weighted by Gasteiger charge is -2.45. The van der Waals surface area contributed by atoms with Crippen molar-refractivity contribution in [2.24, 2.45) is 5.92 Å². The molecule has 0 amide bonds. The number of nitriles is 1. The Morgan fingerprint density at radius 2 is 2.05 bits per heavy atom. The first-order chi connectivity index (χ1) is 9.12. The van der Waals surface area contributed by atoms with Gasteiger partial charge in [-0.25, -0.2) is 0 Å². The third-order valence-corrected chi connectivity index (χ3v) is 4.34. The molecule has 1 aliphatic rings. The molecule has 0 saturated carbocycles. The maximum atomic E-state index is 8.84. The summed E-state index contributed by atoms with van der Waals surface area (Å²) in [5, 5.41) is 8.84. The Kier molecular flexibility index (Phi) is 4.61. The van der Waals surface area contributed by atoms with E-state index >= 15 is 0 Å². The van der Waals surface area contributed by atoms with Crippen LogP contribution in [-0.4, -0.2) is 23.5 Å². The average Bonchev–Trinajstić information content (AvgIpc) is 2.38. The number of hydrogen-bond acceptors (Lipinski definition) is 2. The minimum atomic E-state index is 0.231. The molecule has 0 N–H and O–H groups in total. The van der Waals surface area contributed by atoms with Crippen molar-refractivity contribution < 1.29 is 0 Å². The Bertz CT molecular complexity index is 430. The Hall–Kier alpha value is -1.33. The zero-order valence-corrected chi connectivity index (χ0v) is 12.1. The van der Waals surface area contributed by atoms with Crippen LogP contribution < -0.4 is 0 Å². The highest BCUT2D eigenvalue weighted by Gasteiger charge is 2.33. The fourth-order valence-electron chi connectivity index (χ4n) is 3.21. The summed E-state index contributed by atoms with van der Waals surface area (Å²) in [6.45, 7) is 6.89. The van der Waals surface area contributed by atoms with Crippen LogP contribution in [0.25, 0.3) is 0 Å². The monoisotopic (exact) mass is 256 g/mol. The highest BCUT2D eigenvalue weighted by atomic mass is 15.2. The van der Waals surface area contributed by atoms with Crippen LogP contribution in [-0.2, 0) is 6.42 Å². The van der Waals surface area contributed by atoms with Crippen LogP contribution in [0.1, 0.15) is 38.7 Å². The van der Waals surface area contributed by atoms with Crippen LogP contribution in [0.15, 0.2) is 30.3 Å². The molecule has 1 saturated heterocycles. The summed E-state index contributed by atoms with van der Waals surface area (Å²) in [4.78, 5) is 2.59. The van der Waals surface area contributed by atoms with E-state index in [-0.39, 0.29) is 5.54 Å². The summed E-state index contributed by atoms with van der Waals surface area (Å²) < 4.78 is 0. The van der Waals surface area contributed by atoms with Gasteiger partial charge in [0.05, 0.1) is 6.07 Å². The molecule has 1 heterocycles. The van der Waals surface area contributed by atoms with Crippen LogP contribution in [0.5, 0.6) is 0 Å². The largest absolute Gasteiger partial charge is 0.298 e. The topological polar surface area (TPSA) is 27.0 Å². The third kappa shape index (κ3) is 3.81. The minimum absolute atomic E-state index is 0.231. The summed E-state index contributed by atoms with van der Waals surface area (Å²) in [5.41, 5.74) is 1.65. The van der Waals surface area contributed by atoms with Crippen LogP contribution >= 0.6 is 0 Å². The molecule has 102 valence electrons. The van der Waals surface area contributed by atoms with Gasteiger partial charge < -0.3 is 0 Å². The van der Waals surface area contributed by atoms with E-state index in [4.69, 9.17) is 5.26 Å². The SMILES string of the molecule is CC1(C)CC(CC#N)CCN1CCc1ccccc1. The number of benzene rings is 1. The molecule has 0 aliphatic carbocycles. The standard InChI is InChI=1S/C17H24N2/c1-17(2)14-16(8-11-18)10-13-19(17)12-9-15-6-4-3-5-7-15/h3-7,16H,8-10,12-14H2,1-2H3. The van der Waals surface area contributed by atoms with Gasteiger partial charge in [0.1, 0.15) is 0 Å². The average molecular weight is 256 g/mol. The van der Waals surface area contributed by atoms with Crippen LogP contribution in [0, 0.1) is 17.2 Å². The normalized spacial score (nSPS) is 22.9. The molecule has 1 fully saturated rings. The first kappa shape index (κ1) is 14.1. The molecular weight excluding hydrogens is 232 g/mol. The van der Waals surface area contributed by atoms with Crippen molar-refractivity contribution in [1.29, 1.82) is 5.26 Å². The van der Waals surface area contributed by atoms with E-state index in [0.29, 0.717) is 5.92 Å². The van der Waals surface area contributed by atoms with Gasteiger partial charge in [-0.1, -0.05) is 30.3 Å². The number of likely N-dealkylation sites (tertiary alicyclic amines) is 1. The lowest BCUT2D eigenvalue weighted by atomic mass is 9.81. The second-order valence-electron chi connectivity index (χ2n) is 6.26. The van der Waals surface area contributed by atoms with Gasteiger partial charge in [-0.3, -0.25) is 4.90 Å². The van der Waals surface area contributed by atoms with Gasteiger partial charge in [-0.2, -0.15) is 5.26 Å². The highest BCUT2D eigenvalue weighted by Crippen LogP contribution is 2.33. The molecule has 1 aromatic rings. The van der Waals surface area contributed by atoms with E-state index in [9.17, 15) is 0 Å². The molecule has 1 aromatic carbocycles. The number of rotatable bonds is 4. The number of hydrogen-bond donors (Lipinski definition) is 0. The van der Waals surface area contributed by atoms with Gasteiger partial charge in [0.25, 0.3) is 0 Å². The molecule has 1 aliphatic heterocycles. The Morgan fingerprint density at radius 1 is 1.32 bits per heavy atom. The van der Waals surface area contributed by atoms with E-state index in [2.05, 4.69) is 55.1 Å². The van der Waals surface area contributed by atoms with Crippen molar-refractivity contribution in [1.82, 2.24) is 4.90 Å². The summed E-state index contributed by atoms with van der Waals surface area (Å²) in [6, 6.07) is 13.0. The summed E-state index contributed by atoms with van der Waals surface area (Å²) >= 11 is 0. The predicted molar refractivity (Wildman–Crippen MR) is 78.8 cm³/mol. The zero-order valence-electron chi connectivity index (χ0n) is 12.1. The Morgan fingerprint density at radius 3 is 2.68 bits per heavy atom. The van der Waals surface area contributed by atoms with E-state index in [1.807, 2.05) is 0 Å². The lowest BCUT2D eigenvalue weighted by molar-refractivity contribution is 0.0490. The summed E-state index contributed by atoms with van der Waals surface area (Å²) in [5.74, 6) is 0.591. The van der Waals surface area contributed by atoms with Crippen LogP contribution in [0.4, 0.5) is 0 Å². The van der Waals surface area contributed by atoms with Gasteiger partial charge in [0, 0.05) is 18.5 Å². The maximum Gasteiger partial charge on any atom is 0.0624 e. The summed E-state index contributed by atoms with van der Waals surface area (Å²) in [6.07, 6.45) is 4.16. The molecule has 2 heteroatoms. The van der Waals surface area contributed by atoms with Crippen LogP contribution in [0.2, 0.25) is 0 Å². The van der Waals surface area contributed by atoms with Crippen molar-refractivity contribution in [2.45, 2.75) is 45.1 Å². The smallest absolute Gasteiger partial charge is 0.0624 e. The van der Waals surface area contributed by atoms with Gasteiger partial charge in [-0.15, -0.1) is 0 Å². The van der Waals surface area contributed by atoms with Gasteiger partial charge in [0.15, 0.2) is 0 Å². The number of nitrogens with zero attached hydrogens (tertiary/aromatic N) is 2. The molecular formula is C17H24N2. The summed E-state index contributed by atoms with van der Waals surface area (Å²) in [7, 11) is 0. The molecule has 0 bridgehead atoms. The molecule has 19 heavy (non-hydrogen) atoms. The second kappa shape index (κ2) is 6.21. The first-order valence-corrected chi connectivity index (χ1v) is 7.28. The molecule has 1 atom stereocenters. The zero-order chi connectivity index (χ0) is 13.7. The van der Waals surface area contributed by atoms with Crippen molar-refractivity contribution >= 4 is 0 Å². The highest BCUT2D eigenvalue weighted by molar-refractivity contribution is 5.15. The predicted octanol–water partition coefficient (Wildman–Crippen LogP) is 3.63. The van der Waals surface area contributed by atoms with E-state index < -0.39 is 0 Å². The molecule has 2 rings (SSSR count). The van der Waals surface area contributed by atoms with E-state index in [1.54, 1.807) is 0 Å². The third-order valence-electron chi connectivity index (χ3n) is 4.34. The molecule has 0 spiro atoms. The second-order valence-corrected chi connectivity index (χ2v) is 6.26. The van der Waals surface area contributed by atoms with Gasteiger partial charge in [-0.05, 0) is 51.1 Å². The van der Waals surface area contributed by atoms with Crippen molar-refractivity contribution in [2.75, 3.05) is 13.1 Å². The van der Waals surface area contributed by atoms with E-state index in [1.165, 1.54) is 12.0 Å². The fraction of sp³-hybridized carbons (Fsp3) is 0.588. The van der Waals surface area contributed by atoms with Crippen molar-refractivity contribution in [3.05, 3.63) is 35.9 Å². The molecule has 2 nitrogen and oxygen atoms in total. The van der Waals surface area contributed by atoms with Crippen molar-refractivity contribution in [3.63, 3.8) is 0 Å². The maximum absolute atomic E-state index is 8.84. The first-order valence-electron chi connectivity index (χ1n) is 7.28. The number of piperidine rings is 1. The van der Waals surface area contributed by atoms with Gasteiger partial charge >= 0.3 is 0 Å². The Balaban J connectivity index is 1.89. The van der Waals surface area contributed by atoms with Crippen molar-refractivity contribution in [3.8, 4) is 6.07 Å². The van der Waals surface area contributed by atoms with Crippen LogP contribution in [0.3, 0.4) is 0 Å². The minimum Gasteiger partial charge on any atom is -0.298 e. The Labute approximate surface area is 117 Å². The lowest BCUT2D eigenvalue weighted by Crippen LogP contribution is -2.50. The molecule has 1 unspecified atom stereocenters. The van der Waals surface area contributed by atoms with Gasteiger partial charge in [0.2, 0.25) is 0 Å². The molecule has 0 aromatic heterocycles. The fourth-order valence-corrected chi connectivity index (χ4v) is 3.21. The molecule has 0 radical (unpaired) electrons. The quantitative estimate of drug-likeness (QED) is 0.822.